The van der Waals surface area contributed by atoms with Gasteiger partial charge in [0.15, 0.2) is 12.2 Å². The van der Waals surface area contributed by atoms with Crippen molar-refractivity contribution in [3.05, 3.63) is 35.9 Å². The number of nitrogens with one attached hydrogen (secondary N) is 2. The van der Waals surface area contributed by atoms with E-state index in [0.29, 0.717) is 5.01 Å². The van der Waals surface area contributed by atoms with E-state index in [0.717, 1.165) is 5.56 Å². The average Bonchev–Trinajstić information content (AvgIpc) is 3.50. The number of alkyl carbamates (subject to hydrolysis) is 1. The van der Waals surface area contributed by atoms with Crippen molar-refractivity contribution in [3.63, 3.8) is 0 Å². The Morgan fingerprint density at radius 2 is 1.74 bits per heavy atom. The summed E-state index contributed by atoms with van der Waals surface area (Å²) in [4.78, 5) is 59.0. The van der Waals surface area contributed by atoms with E-state index in [4.69, 9.17) is 19.7 Å². The molecule has 1 aromatic rings. The van der Waals surface area contributed by atoms with Gasteiger partial charge in [-0.15, -0.1) is 0 Å². The minimum atomic E-state index is -1.45. The number of hydrogen-bond donors (Lipinski definition) is 4. The van der Waals surface area contributed by atoms with Crippen molar-refractivity contribution in [1.82, 2.24) is 15.8 Å². The highest BCUT2D eigenvalue weighted by atomic mass is 16.6. The van der Waals surface area contributed by atoms with Crippen LogP contribution < -0.4 is 10.7 Å². The van der Waals surface area contributed by atoms with E-state index in [1.807, 2.05) is 0 Å². The van der Waals surface area contributed by atoms with E-state index in [2.05, 4.69) is 10.7 Å². The van der Waals surface area contributed by atoms with Crippen LogP contribution in [-0.4, -0.2) is 69.9 Å². The van der Waals surface area contributed by atoms with E-state index >= 15 is 0 Å². The second-order valence-corrected chi connectivity index (χ2v) is 7.04. The van der Waals surface area contributed by atoms with Crippen molar-refractivity contribution < 1.29 is 43.7 Å². The van der Waals surface area contributed by atoms with Crippen molar-refractivity contribution in [2.24, 2.45) is 5.92 Å². The van der Waals surface area contributed by atoms with Gasteiger partial charge in [0.2, 0.25) is 0 Å². The molecule has 0 spiro atoms. The summed E-state index contributed by atoms with van der Waals surface area (Å²) in [6.45, 7) is 2.28. The van der Waals surface area contributed by atoms with E-state index in [-0.39, 0.29) is 6.61 Å². The molecular formula is C19H23N3O9. The molecule has 1 fully saturated rings. The third-order valence-corrected chi connectivity index (χ3v) is 4.22. The summed E-state index contributed by atoms with van der Waals surface area (Å²) >= 11 is 0. The Morgan fingerprint density at radius 1 is 1.10 bits per heavy atom. The molecule has 0 aliphatic carbocycles. The fraction of sp³-hybridized carbons (Fsp3) is 0.421. The third-order valence-electron chi connectivity index (χ3n) is 4.22. The minimum absolute atomic E-state index is 0.0294. The maximum atomic E-state index is 12.6. The zero-order chi connectivity index (χ0) is 23.1. The van der Waals surface area contributed by atoms with Gasteiger partial charge in [-0.25, -0.2) is 14.6 Å². The molecule has 1 aliphatic rings. The summed E-state index contributed by atoms with van der Waals surface area (Å²) in [6, 6.07) is 7.68. The zero-order valence-electron chi connectivity index (χ0n) is 16.8. The van der Waals surface area contributed by atoms with Crippen LogP contribution in [0.5, 0.6) is 0 Å². The number of aliphatic carboxylic acids is 2. The first kappa shape index (κ1) is 23.6. The Balaban J connectivity index is 1.99. The lowest BCUT2D eigenvalue weighted by molar-refractivity contribution is -0.151. The van der Waals surface area contributed by atoms with Gasteiger partial charge >= 0.3 is 18.0 Å². The van der Waals surface area contributed by atoms with Crippen LogP contribution in [0.4, 0.5) is 4.79 Å². The number of carbonyl (C=O) groups is 5. The van der Waals surface area contributed by atoms with Gasteiger partial charge in [-0.05, 0) is 11.5 Å². The average molecular weight is 437 g/mol. The number of carboxylic acids is 2. The van der Waals surface area contributed by atoms with E-state index in [9.17, 15) is 24.0 Å². The van der Waals surface area contributed by atoms with Gasteiger partial charge in [0, 0.05) is 0 Å². The fourth-order valence-electron chi connectivity index (χ4n) is 2.58. The molecule has 12 heteroatoms. The fourth-order valence-corrected chi connectivity index (χ4v) is 2.58. The van der Waals surface area contributed by atoms with Gasteiger partial charge in [-0.1, -0.05) is 44.2 Å². The molecule has 3 amide bonds. The Labute approximate surface area is 177 Å². The van der Waals surface area contributed by atoms with Gasteiger partial charge in [-0.2, -0.15) is 0 Å². The number of ether oxygens (including phenoxy) is 2. The van der Waals surface area contributed by atoms with E-state index in [1.165, 1.54) is 0 Å². The Kier molecular flexibility index (Phi) is 7.91. The highest BCUT2D eigenvalue weighted by Gasteiger charge is 2.53. The smallest absolute Gasteiger partial charge is 0.408 e. The summed E-state index contributed by atoms with van der Waals surface area (Å²) in [5, 5.41) is 20.7. The van der Waals surface area contributed by atoms with Crippen LogP contribution in [0.25, 0.3) is 0 Å². The van der Waals surface area contributed by atoms with Crippen LogP contribution in [0, 0.1) is 5.92 Å². The molecule has 0 bridgehead atoms. The van der Waals surface area contributed by atoms with Crippen molar-refractivity contribution in [1.29, 1.82) is 0 Å². The molecule has 31 heavy (non-hydrogen) atoms. The summed E-state index contributed by atoms with van der Waals surface area (Å²) in [5.74, 6) is -5.19. The monoisotopic (exact) mass is 437 g/mol. The standard InChI is InChI=1S/C19H23N3O9/c1-10(2)13(20-19(29)30-9-11-6-4-3-5-7-11)16(25)21-22(8-12(23)24)17(26)14-15(31-14)18(27)28/h3-7,10,13-15H,8-9H2,1-2H3,(H,20,29)(H,21,25)(H,23,24)(H,27,28)/t13-,14-,15-/m0/s1. The van der Waals surface area contributed by atoms with Crippen molar-refractivity contribution >= 4 is 29.8 Å². The largest absolute Gasteiger partial charge is 0.480 e. The second-order valence-electron chi connectivity index (χ2n) is 7.04. The van der Waals surface area contributed by atoms with Gasteiger partial charge in [0.05, 0.1) is 0 Å². The minimum Gasteiger partial charge on any atom is -0.480 e. The van der Waals surface area contributed by atoms with Gasteiger partial charge in [0.25, 0.3) is 11.8 Å². The van der Waals surface area contributed by atoms with Crippen molar-refractivity contribution in [2.45, 2.75) is 38.7 Å². The van der Waals surface area contributed by atoms with Crippen LogP contribution in [0.15, 0.2) is 30.3 Å². The number of rotatable bonds is 9. The number of benzene rings is 1. The predicted molar refractivity (Wildman–Crippen MR) is 102 cm³/mol. The van der Waals surface area contributed by atoms with Gasteiger partial charge < -0.3 is 25.0 Å². The summed E-state index contributed by atoms with van der Waals surface area (Å²) in [5.41, 5.74) is 2.85. The molecule has 2 rings (SSSR count). The summed E-state index contributed by atoms with van der Waals surface area (Å²) in [6.07, 6.45) is -3.70. The normalized spacial score (nSPS) is 17.9. The molecule has 1 heterocycles. The molecule has 0 saturated carbocycles. The molecule has 4 N–H and O–H groups in total. The Hall–Kier alpha value is -3.67. The Bertz CT molecular complexity index is 843. The number of epoxide rings is 1. The number of carbonyl (C=O) groups excluding carboxylic acids is 3. The topological polar surface area (TPSA) is 175 Å². The first-order valence-corrected chi connectivity index (χ1v) is 9.29. The number of hydrazine groups is 1. The van der Waals surface area contributed by atoms with Gasteiger partial charge in [0.1, 0.15) is 19.2 Å². The maximum Gasteiger partial charge on any atom is 0.408 e. The molecule has 12 nitrogen and oxygen atoms in total. The van der Waals surface area contributed by atoms with Crippen LogP contribution in [0.1, 0.15) is 19.4 Å². The highest BCUT2D eigenvalue weighted by Crippen LogP contribution is 2.24. The van der Waals surface area contributed by atoms with Gasteiger partial charge in [-0.3, -0.25) is 19.8 Å². The number of amides is 3. The molecule has 1 saturated heterocycles. The van der Waals surface area contributed by atoms with Crippen LogP contribution in [0.3, 0.4) is 0 Å². The van der Waals surface area contributed by atoms with Crippen LogP contribution in [-0.2, 0) is 35.3 Å². The molecule has 1 aromatic carbocycles. The third kappa shape index (κ3) is 6.96. The lowest BCUT2D eigenvalue weighted by Crippen LogP contribution is -2.57. The van der Waals surface area contributed by atoms with Crippen LogP contribution >= 0.6 is 0 Å². The quantitative estimate of drug-likeness (QED) is 0.299. The molecule has 0 radical (unpaired) electrons. The van der Waals surface area contributed by atoms with Crippen LogP contribution in [0.2, 0.25) is 0 Å². The highest BCUT2D eigenvalue weighted by molar-refractivity contribution is 5.95. The second kappa shape index (κ2) is 10.4. The number of nitrogens with zero attached hydrogens (tertiary/aromatic N) is 1. The first-order chi connectivity index (χ1) is 14.6. The maximum absolute atomic E-state index is 12.6. The van der Waals surface area contributed by atoms with E-state index in [1.54, 1.807) is 44.2 Å². The SMILES string of the molecule is CC(C)[C@H](NC(=O)OCc1ccccc1)C(=O)NN(CC(=O)O)C(=O)[C@H]1O[C@@H]1C(=O)O. The molecule has 1 aliphatic heterocycles. The lowest BCUT2D eigenvalue weighted by Gasteiger charge is -2.26. The zero-order valence-corrected chi connectivity index (χ0v) is 16.8. The first-order valence-electron chi connectivity index (χ1n) is 9.29. The Morgan fingerprint density at radius 3 is 2.26 bits per heavy atom. The molecule has 168 valence electrons. The molecule has 3 atom stereocenters. The molecule has 0 unspecified atom stereocenters. The predicted octanol–water partition coefficient (Wildman–Crippen LogP) is -0.266. The van der Waals surface area contributed by atoms with E-state index < -0.39 is 60.6 Å². The van der Waals surface area contributed by atoms with Crippen molar-refractivity contribution in [2.75, 3.05) is 6.54 Å². The lowest BCUT2D eigenvalue weighted by atomic mass is 10.0. The molecule has 0 aromatic heterocycles. The summed E-state index contributed by atoms with van der Waals surface area (Å²) in [7, 11) is 0. The van der Waals surface area contributed by atoms with Crippen molar-refractivity contribution in [3.8, 4) is 0 Å². The number of carboxylic acid groups (broad SMARTS) is 2. The summed E-state index contributed by atoms with van der Waals surface area (Å²) < 4.78 is 9.78. The number of hydrogen-bond acceptors (Lipinski definition) is 7. The molecular weight excluding hydrogens is 414 g/mol.